The smallest absolute Gasteiger partial charge is 0.123 e. The predicted octanol–water partition coefficient (Wildman–Crippen LogP) is 4.02. The first-order valence-electron chi connectivity index (χ1n) is 6.76. The maximum Gasteiger partial charge on any atom is 0.123 e. The maximum absolute atomic E-state index is 6.04. The van der Waals surface area contributed by atoms with Crippen LogP contribution in [0.25, 0.3) is 0 Å². The molecule has 1 aliphatic carbocycles. The Balaban J connectivity index is 1.98. The summed E-state index contributed by atoms with van der Waals surface area (Å²) < 4.78 is 5.37. The number of ether oxygens (including phenoxy) is 1. The molecule has 1 saturated carbocycles. The van der Waals surface area contributed by atoms with Crippen molar-refractivity contribution in [2.45, 2.75) is 45.2 Å². The van der Waals surface area contributed by atoms with E-state index in [0.29, 0.717) is 6.04 Å². The Kier molecular flexibility index (Phi) is 4.90. The number of hydrogen-bond donors (Lipinski definition) is 1. The van der Waals surface area contributed by atoms with Gasteiger partial charge in [0.05, 0.1) is 7.11 Å². The van der Waals surface area contributed by atoms with Crippen molar-refractivity contribution >= 4 is 11.6 Å². The molecular formula is C15H22ClNO. The van der Waals surface area contributed by atoms with Crippen LogP contribution in [0.3, 0.4) is 0 Å². The lowest BCUT2D eigenvalue weighted by atomic mass is 9.86. The van der Waals surface area contributed by atoms with Gasteiger partial charge in [-0.05, 0) is 37.0 Å². The summed E-state index contributed by atoms with van der Waals surface area (Å²) in [4.78, 5) is 0. The number of benzene rings is 1. The van der Waals surface area contributed by atoms with Crippen LogP contribution in [0.15, 0.2) is 18.2 Å². The second-order valence-corrected chi connectivity index (χ2v) is 5.64. The van der Waals surface area contributed by atoms with E-state index in [-0.39, 0.29) is 0 Å². The molecule has 0 saturated heterocycles. The van der Waals surface area contributed by atoms with Gasteiger partial charge in [-0.15, -0.1) is 0 Å². The molecule has 0 radical (unpaired) electrons. The molecule has 0 bridgehead atoms. The lowest BCUT2D eigenvalue weighted by Crippen LogP contribution is -2.36. The van der Waals surface area contributed by atoms with Crippen LogP contribution in [0.2, 0.25) is 5.02 Å². The summed E-state index contributed by atoms with van der Waals surface area (Å²) in [6.07, 6.45) is 5.34. The van der Waals surface area contributed by atoms with E-state index in [2.05, 4.69) is 12.2 Å². The molecule has 0 aromatic heterocycles. The zero-order valence-corrected chi connectivity index (χ0v) is 12.0. The Hall–Kier alpha value is -0.730. The van der Waals surface area contributed by atoms with Crippen molar-refractivity contribution in [2.75, 3.05) is 7.11 Å². The summed E-state index contributed by atoms with van der Waals surface area (Å²) >= 11 is 6.04. The average Bonchev–Trinajstić information content (AvgIpc) is 2.38. The van der Waals surface area contributed by atoms with E-state index in [9.17, 15) is 0 Å². The average molecular weight is 268 g/mol. The molecule has 3 heteroatoms. The Labute approximate surface area is 115 Å². The molecule has 1 aromatic rings. The van der Waals surface area contributed by atoms with Gasteiger partial charge >= 0.3 is 0 Å². The Morgan fingerprint density at radius 1 is 1.33 bits per heavy atom. The number of rotatable bonds is 4. The van der Waals surface area contributed by atoms with Gasteiger partial charge in [0, 0.05) is 23.2 Å². The van der Waals surface area contributed by atoms with Crippen molar-refractivity contribution in [1.82, 2.24) is 5.32 Å². The van der Waals surface area contributed by atoms with Crippen LogP contribution in [0.4, 0.5) is 0 Å². The van der Waals surface area contributed by atoms with Crippen LogP contribution in [-0.2, 0) is 6.54 Å². The topological polar surface area (TPSA) is 21.3 Å². The minimum Gasteiger partial charge on any atom is -0.496 e. The third-order valence-electron chi connectivity index (χ3n) is 3.91. The van der Waals surface area contributed by atoms with Crippen molar-refractivity contribution in [1.29, 1.82) is 0 Å². The number of halogens is 1. The molecule has 0 spiro atoms. The van der Waals surface area contributed by atoms with Gasteiger partial charge in [0.2, 0.25) is 0 Å². The van der Waals surface area contributed by atoms with Crippen LogP contribution in [0, 0.1) is 5.92 Å². The SMILES string of the molecule is COc1ccc(Cl)cc1CNC1CCCCC1C. The summed E-state index contributed by atoms with van der Waals surface area (Å²) in [7, 11) is 1.70. The molecule has 1 aliphatic rings. The van der Waals surface area contributed by atoms with Crippen molar-refractivity contribution in [3.05, 3.63) is 28.8 Å². The number of hydrogen-bond acceptors (Lipinski definition) is 2. The molecule has 1 aromatic carbocycles. The summed E-state index contributed by atoms with van der Waals surface area (Å²) in [6.45, 7) is 3.17. The zero-order valence-electron chi connectivity index (χ0n) is 11.2. The molecule has 2 atom stereocenters. The Morgan fingerprint density at radius 2 is 2.11 bits per heavy atom. The molecule has 1 fully saturated rings. The second kappa shape index (κ2) is 6.44. The molecule has 2 unspecified atom stereocenters. The summed E-state index contributed by atoms with van der Waals surface area (Å²) in [5, 5.41) is 4.42. The highest BCUT2D eigenvalue weighted by atomic mass is 35.5. The van der Waals surface area contributed by atoms with Gasteiger partial charge < -0.3 is 10.1 Å². The van der Waals surface area contributed by atoms with Gasteiger partial charge in [0.1, 0.15) is 5.75 Å². The number of methoxy groups -OCH3 is 1. The van der Waals surface area contributed by atoms with Gasteiger partial charge in [-0.2, -0.15) is 0 Å². The van der Waals surface area contributed by atoms with Gasteiger partial charge in [-0.3, -0.25) is 0 Å². The van der Waals surface area contributed by atoms with E-state index in [1.807, 2.05) is 18.2 Å². The molecule has 2 rings (SSSR count). The fourth-order valence-corrected chi connectivity index (χ4v) is 2.94. The van der Waals surface area contributed by atoms with Crippen molar-refractivity contribution in [2.24, 2.45) is 5.92 Å². The van der Waals surface area contributed by atoms with Crippen LogP contribution in [0.1, 0.15) is 38.2 Å². The molecule has 100 valence electrons. The molecule has 0 heterocycles. The van der Waals surface area contributed by atoms with Crippen LogP contribution < -0.4 is 10.1 Å². The van der Waals surface area contributed by atoms with E-state index in [1.165, 1.54) is 25.7 Å². The second-order valence-electron chi connectivity index (χ2n) is 5.21. The van der Waals surface area contributed by atoms with Gasteiger partial charge in [-0.1, -0.05) is 31.4 Å². The molecule has 18 heavy (non-hydrogen) atoms. The van der Waals surface area contributed by atoms with Crippen LogP contribution in [-0.4, -0.2) is 13.2 Å². The van der Waals surface area contributed by atoms with Gasteiger partial charge in [-0.25, -0.2) is 0 Å². The Morgan fingerprint density at radius 3 is 2.83 bits per heavy atom. The minimum atomic E-state index is 0.627. The molecule has 1 N–H and O–H groups in total. The normalized spacial score (nSPS) is 23.9. The first-order chi connectivity index (χ1) is 8.70. The highest BCUT2D eigenvalue weighted by molar-refractivity contribution is 6.30. The van der Waals surface area contributed by atoms with Gasteiger partial charge in [0.15, 0.2) is 0 Å². The van der Waals surface area contributed by atoms with Crippen molar-refractivity contribution < 1.29 is 4.74 Å². The largest absolute Gasteiger partial charge is 0.496 e. The van der Waals surface area contributed by atoms with Crippen molar-refractivity contribution in [3.8, 4) is 5.75 Å². The quantitative estimate of drug-likeness (QED) is 0.890. The monoisotopic (exact) mass is 267 g/mol. The van der Waals surface area contributed by atoms with E-state index in [4.69, 9.17) is 16.3 Å². The molecule has 0 amide bonds. The maximum atomic E-state index is 6.04. The number of nitrogens with one attached hydrogen (secondary N) is 1. The Bertz CT molecular complexity index is 394. The zero-order chi connectivity index (χ0) is 13.0. The van der Waals surface area contributed by atoms with Gasteiger partial charge in [0.25, 0.3) is 0 Å². The molecule has 2 nitrogen and oxygen atoms in total. The summed E-state index contributed by atoms with van der Waals surface area (Å²) in [6, 6.07) is 6.42. The first-order valence-corrected chi connectivity index (χ1v) is 7.14. The summed E-state index contributed by atoms with van der Waals surface area (Å²) in [5.74, 6) is 1.68. The lowest BCUT2D eigenvalue weighted by molar-refractivity contribution is 0.278. The van der Waals surface area contributed by atoms with Crippen LogP contribution in [0.5, 0.6) is 5.75 Å². The van der Waals surface area contributed by atoms with E-state index < -0.39 is 0 Å². The third-order valence-corrected chi connectivity index (χ3v) is 4.14. The standard InChI is InChI=1S/C15H22ClNO/c1-11-5-3-4-6-14(11)17-10-12-9-13(16)7-8-15(12)18-2/h7-9,11,14,17H,3-6,10H2,1-2H3. The minimum absolute atomic E-state index is 0.627. The predicted molar refractivity (Wildman–Crippen MR) is 76.3 cm³/mol. The fourth-order valence-electron chi connectivity index (χ4n) is 2.75. The summed E-state index contributed by atoms with van der Waals surface area (Å²) in [5.41, 5.74) is 1.14. The highest BCUT2D eigenvalue weighted by Gasteiger charge is 2.20. The third kappa shape index (κ3) is 3.39. The fraction of sp³-hybridized carbons (Fsp3) is 0.600. The van der Waals surface area contributed by atoms with E-state index >= 15 is 0 Å². The molecule has 0 aliphatic heterocycles. The van der Waals surface area contributed by atoms with Crippen molar-refractivity contribution in [3.63, 3.8) is 0 Å². The first kappa shape index (κ1) is 13.7. The highest BCUT2D eigenvalue weighted by Crippen LogP contribution is 2.26. The lowest BCUT2D eigenvalue weighted by Gasteiger charge is -2.29. The van der Waals surface area contributed by atoms with E-state index in [0.717, 1.165) is 28.8 Å². The molecular weight excluding hydrogens is 246 g/mol. The van der Waals surface area contributed by atoms with E-state index in [1.54, 1.807) is 7.11 Å². The van der Waals surface area contributed by atoms with Crippen LogP contribution >= 0.6 is 11.6 Å².